The zero-order valence-electron chi connectivity index (χ0n) is 13.7. The minimum absolute atomic E-state index is 0.0423. The van der Waals surface area contributed by atoms with E-state index >= 15 is 0 Å². The molecule has 5 nitrogen and oxygen atoms in total. The van der Waals surface area contributed by atoms with Crippen LogP contribution < -0.4 is 14.8 Å². The molecule has 126 valence electrons. The van der Waals surface area contributed by atoms with E-state index in [1.54, 1.807) is 18.2 Å². The Bertz CT molecular complexity index is 527. The monoisotopic (exact) mass is 318 g/mol. The summed E-state index contributed by atoms with van der Waals surface area (Å²) >= 11 is 0. The van der Waals surface area contributed by atoms with Crippen LogP contribution in [0.15, 0.2) is 18.2 Å². The van der Waals surface area contributed by atoms with Crippen LogP contribution in [0.5, 0.6) is 11.5 Å². The number of nitrogens with zero attached hydrogens (tertiary/aromatic N) is 1. The van der Waals surface area contributed by atoms with E-state index in [-0.39, 0.29) is 12.7 Å². The number of likely N-dealkylation sites (tertiary alicyclic amines) is 1. The highest BCUT2D eigenvalue weighted by Crippen LogP contribution is 2.32. The van der Waals surface area contributed by atoms with Crippen molar-refractivity contribution < 1.29 is 14.3 Å². The van der Waals surface area contributed by atoms with Crippen molar-refractivity contribution >= 4 is 5.91 Å². The molecule has 2 aliphatic rings. The normalized spacial score (nSPS) is 17.2. The van der Waals surface area contributed by atoms with Crippen LogP contribution in [0.4, 0.5) is 0 Å². The first-order valence-electron chi connectivity index (χ1n) is 8.73. The summed E-state index contributed by atoms with van der Waals surface area (Å²) in [5, 5.41) is 2.98. The second-order valence-corrected chi connectivity index (χ2v) is 6.29. The number of carbonyl (C=O) groups is 1. The van der Waals surface area contributed by atoms with Gasteiger partial charge < -0.3 is 19.7 Å². The number of benzene rings is 1. The smallest absolute Gasteiger partial charge is 0.251 e. The second-order valence-electron chi connectivity index (χ2n) is 6.29. The Hall–Kier alpha value is -1.75. The molecule has 0 atom stereocenters. The van der Waals surface area contributed by atoms with Gasteiger partial charge in [0.1, 0.15) is 0 Å². The highest BCUT2D eigenvalue weighted by Gasteiger charge is 2.15. The van der Waals surface area contributed by atoms with Crippen molar-refractivity contribution in [3.63, 3.8) is 0 Å². The Balaban J connectivity index is 1.30. The minimum atomic E-state index is -0.0423. The quantitative estimate of drug-likeness (QED) is 0.786. The van der Waals surface area contributed by atoms with Crippen LogP contribution in [-0.2, 0) is 0 Å². The van der Waals surface area contributed by atoms with E-state index in [4.69, 9.17) is 9.47 Å². The third-order valence-corrected chi connectivity index (χ3v) is 4.52. The second kappa shape index (κ2) is 8.20. The van der Waals surface area contributed by atoms with Gasteiger partial charge in [-0.3, -0.25) is 4.79 Å². The van der Waals surface area contributed by atoms with E-state index in [0.29, 0.717) is 17.1 Å². The lowest BCUT2D eigenvalue weighted by Crippen LogP contribution is -2.30. The standard InChI is InChI=1S/C18H26N2O3/c21-18(15-7-8-16-17(13-15)23-14-22-16)19-9-3-1-4-10-20-11-5-2-6-12-20/h7-8,13H,1-6,9-12,14H2,(H,19,21). The molecule has 0 radical (unpaired) electrons. The Morgan fingerprint density at radius 2 is 1.87 bits per heavy atom. The number of carbonyl (C=O) groups excluding carboxylic acids is 1. The van der Waals surface area contributed by atoms with Crippen molar-refractivity contribution in [1.82, 2.24) is 10.2 Å². The van der Waals surface area contributed by atoms with Crippen molar-refractivity contribution in [2.45, 2.75) is 38.5 Å². The molecule has 1 aromatic rings. The number of amides is 1. The molecule has 0 aliphatic carbocycles. The molecule has 0 bridgehead atoms. The lowest BCUT2D eigenvalue weighted by molar-refractivity contribution is 0.0952. The Labute approximate surface area is 137 Å². The van der Waals surface area contributed by atoms with E-state index < -0.39 is 0 Å². The zero-order valence-corrected chi connectivity index (χ0v) is 13.7. The summed E-state index contributed by atoms with van der Waals surface area (Å²) in [4.78, 5) is 14.7. The molecule has 3 rings (SSSR count). The number of nitrogens with one attached hydrogen (secondary N) is 1. The number of unbranched alkanes of at least 4 members (excludes halogenated alkanes) is 2. The van der Waals surface area contributed by atoms with Crippen LogP contribution in [0.3, 0.4) is 0 Å². The SMILES string of the molecule is O=C(NCCCCCN1CCCCC1)c1ccc2c(c1)OCO2. The van der Waals surface area contributed by atoms with Crippen molar-refractivity contribution in [2.75, 3.05) is 33.0 Å². The maximum absolute atomic E-state index is 12.1. The first-order chi connectivity index (χ1) is 11.3. The van der Waals surface area contributed by atoms with Gasteiger partial charge >= 0.3 is 0 Å². The lowest BCUT2D eigenvalue weighted by atomic mass is 10.1. The Kier molecular flexibility index (Phi) is 5.75. The highest BCUT2D eigenvalue weighted by atomic mass is 16.7. The Morgan fingerprint density at radius 3 is 2.74 bits per heavy atom. The predicted molar refractivity (Wildman–Crippen MR) is 89.0 cm³/mol. The van der Waals surface area contributed by atoms with E-state index in [0.717, 1.165) is 19.4 Å². The molecule has 1 fully saturated rings. The number of piperidine rings is 1. The third-order valence-electron chi connectivity index (χ3n) is 4.52. The summed E-state index contributed by atoms with van der Waals surface area (Å²) < 4.78 is 10.5. The molecular formula is C18H26N2O3. The van der Waals surface area contributed by atoms with Gasteiger partial charge in [0.2, 0.25) is 6.79 Å². The molecule has 23 heavy (non-hydrogen) atoms. The summed E-state index contributed by atoms with van der Waals surface area (Å²) in [6, 6.07) is 5.31. The van der Waals surface area contributed by atoms with E-state index in [2.05, 4.69) is 10.2 Å². The molecule has 2 aliphatic heterocycles. The maximum atomic E-state index is 12.1. The number of hydrogen-bond acceptors (Lipinski definition) is 4. The first kappa shape index (κ1) is 16.1. The summed E-state index contributed by atoms with van der Waals surface area (Å²) in [5.74, 6) is 1.32. The number of rotatable bonds is 7. The van der Waals surface area contributed by atoms with E-state index in [1.807, 2.05) is 0 Å². The maximum Gasteiger partial charge on any atom is 0.251 e. The van der Waals surface area contributed by atoms with E-state index in [1.165, 1.54) is 45.3 Å². The molecule has 1 amide bonds. The minimum Gasteiger partial charge on any atom is -0.454 e. The molecule has 1 N–H and O–H groups in total. The number of ether oxygens (including phenoxy) is 2. The molecular weight excluding hydrogens is 292 g/mol. The van der Waals surface area contributed by atoms with Gasteiger partial charge in [0.15, 0.2) is 11.5 Å². The molecule has 1 saturated heterocycles. The van der Waals surface area contributed by atoms with Gasteiger partial charge in [0.05, 0.1) is 0 Å². The van der Waals surface area contributed by atoms with Crippen molar-refractivity contribution in [3.8, 4) is 11.5 Å². The average molecular weight is 318 g/mol. The fraction of sp³-hybridized carbons (Fsp3) is 0.611. The van der Waals surface area contributed by atoms with Gasteiger partial charge in [-0.2, -0.15) is 0 Å². The van der Waals surface area contributed by atoms with E-state index in [9.17, 15) is 4.79 Å². The summed E-state index contributed by atoms with van der Waals surface area (Å²) in [5.41, 5.74) is 0.627. The van der Waals surface area contributed by atoms with Crippen LogP contribution >= 0.6 is 0 Å². The first-order valence-corrected chi connectivity index (χ1v) is 8.73. The molecule has 0 spiro atoms. The highest BCUT2D eigenvalue weighted by molar-refractivity contribution is 5.94. The van der Waals surface area contributed by atoms with Gasteiger partial charge in [-0.1, -0.05) is 12.8 Å². The van der Waals surface area contributed by atoms with Crippen molar-refractivity contribution in [1.29, 1.82) is 0 Å². The van der Waals surface area contributed by atoms with Crippen LogP contribution in [0, 0.1) is 0 Å². The van der Waals surface area contributed by atoms with Gasteiger partial charge in [0.25, 0.3) is 5.91 Å². The fourth-order valence-electron chi connectivity index (χ4n) is 3.16. The molecule has 5 heteroatoms. The summed E-state index contributed by atoms with van der Waals surface area (Å²) in [7, 11) is 0. The molecule has 0 saturated carbocycles. The van der Waals surface area contributed by atoms with Crippen molar-refractivity contribution in [3.05, 3.63) is 23.8 Å². The topological polar surface area (TPSA) is 50.8 Å². The molecule has 0 aromatic heterocycles. The van der Waals surface area contributed by atoms with Crippen LogP contribution in [0.2, 0.25) is 0 Å². The van der Waals surface area contributed by atoms with Crippen molar-refractivity contribution in [2.24, 2.45) is 0 Å². The third kappa shape index (κ3) is 4.61. The Morgan fingerprint density at radius 1 is 1.04 bits per heavy atom. The van der Waals surface area contributed by atoms with Crippen LogP contribution in [-0.4, -0.2) is 43.8 Å². The largest absolute Gasteiger partial charge is 0.454 e. The zero-order chi connectivity index (χ0) is 15.9. The number of hydrogen-bond donors (Lipinski definition) is 1. The molecule has 1 aromatic carbocycles. The van der Waals surface area contributed by atoms with Gasteiger partial charge in [-0.25, -0.2) is 0 Å². The van der Waals surface area contributed by atoms with Crippen LogP contribution in [0.25, 0.3) is 0 Å². The fourth-order valence-corrected chi connectivity index (χ4v) is 3.16. The average Bonchev–Trinajstić information content (AvgIpc) is 3.06. The van der Waals surface area contributed by atoms with Gasteiger partial charge in [-0.15, -0.1) is 0 Å². The number of fused-ring (bicyclic) bond motifs is 1. The summed E-state index contributed by atoms with van der Waals surface area (Å²) in [6.45, 7) is 4.70. The molecule has 0 unspecified atom stereocenters. The van der Waals surface area contributed by atoms with Gasteiger partial charge in [-0.05, 0) is 63.5 Å². The lowest BCUT2D eigenvalue weighted by Gasteiger charge is -2.26. The molecule has 2 heterocycles. The van der Waals surface area contributed by atoms with Crippen LogP contribution in [0.1, 0.15) is 48.9 Å². The van der Waals surface area contributed by atoms with Gasteiger partial charge in [0, 0.05) is 12.1 Å². The summed E-state index contributed by atoms with van der Waals surface area (Å²) in [6.07, 6.45) is 7.52. The predicted octanol–water partition coefficient (Wildman–Crippen LogP) is 2.80.